The van der Waals surface area contributed by atoms with Gasteiger partial charge in [0.05, 0.1) is 5.41 Å². The molecule has 1 aliphatic carbocycles. The Morgan fingerprint density at radius 1 is 0.917 bits per heavy atom. The summed E-state index contributed by atoms with van der Waals surface area (Å²) in [4.78, 5) is 26.5. The Balaban J connectivity index is 1.50. The van der Waals surface area contributed by atoms with E-state index in [4.69, 9.17) is 5.11 Å². The average molecular weight is 483 g/mol. The highest BCUT2D eigenvalue weighted by molar-refractivity contribution is 5.96. The Morgan fingerprint density at radius 2 is 1.56 bits per heavy atom. The molecule has 3 aromatic carbocycles. The summed E-state index contributed by atoms with van der Waals surface area (Å²) in [6.45, 7) is 0. The molecule has 1 fully saturated rings. The molecule has 3 aromatic rings. The minimum absolute atomic E-state index is 0.0462. The summed E-state index contributed by atoms with van der Waals surface area (Å²) in [5.74, 6) is -0.952. The number of carbonyl (C=O) groups is 2. The molecule has 4 rings (SSSR count). The summed E-state index contributed by atoms with van der Waals surface area (Å²) in [6.07, 6.45) is 8.32. The second-order valence-electron chi connectivity index (χ2n) is 9.91. The molecule has 1 amide bonds. The van der Waals surface area contributed by atoms with E-state index >= 15 is 0 Å². The van der Waals surface area contributed by atoms with Crippen LogP contribution in [0.25, 0.3) is 17.2 Å². The summed E-state index contributed by atoms with van der Waals surface area (Å²) in [5, 5.41) is 12.0. The van der Waals surface area contributed by atoms with Crippen LogP contribution in [0.5, 0.6) is 0 Å². The first-order valence-electron chi connectivity index (χ1n) is 12.5. The fourth-order valence-corrected chi connectivity index (χ4v) is 5.02. The van der Waals surface area contributed by atoms with Crippen molar-refractivity contribution in [3.8, 4) is 11.1 Å². The number of rotatable bonds is 8. The molecular weight excluding hydrogens is 448 g/mol. The van der Waals surface area contributed by atoms with Crippen molar-refractivity contribution in [2.45, 2.75) is 38.5 Å². The van der Waals surface area contributed by atoms with E-state index in [0.29, 0.717) is 12.1 Å². The third kappa shape index (κ3) is 6.22. The predicted octanol–water partition coefficient (Wildman–Crippen LogP) is 6.65. The molecule has 0 saturated heterocycles. The zero-order valence-corrected chi connectivity index (χ0v) is 21.0. The molecule has 0 unspecified atom stereocenters. The maximum absolute atomic E-state index is 13.6. The molecule has 5 nitrogen and oxygen atoms in total. The molecule has 0 bridgehead atoms. The van der Waals surface area contributed by atoms with Gasteiger partial charge in [0, 0.05) is 31.5 Å². The average Bonchev–Trinajstić information content (AvgIpc) is 2.89. The van der Waals surface area contributed by atoms with Crippen molar-refractivity contribution >= 4 is 29.3 Å². The first-order chi connectivity index (χ1) is 17.3. The van der Waals surface area contributed by atoms with Crippen LogP contribution in [0.15, 0.2) is 78.9 Å². The van der Waals surface area contributed by atoms with Crippen molar-refractivity contribution in [3.05, 3.63) is 90.0 Å². The van der Waals surface area contributed by atoms with Crippen LogP contribution in [0.1, 0.15) is 43.2 Å². The summed E-state index contributed by atoms with van der Waals surface area (Å²) in [5.41, 5.74) is 5.66. The van der Waals surface area contributed by atoms with E-state index in [1.54, 1.807) is 0 Å². The third-order valence-electron chi connectivity index (χ3n) is 7.07. The second kappa shape index (κ2) is 11.3. The normalized spacial score (nSPS) is 14.9. The lowest BCUT2D eigenvalue weighted by molar-refractivity contribution is -0.131. The fourth-order valence-electron chi connectivity index (χ4n) is 5.02. The largest absolute Gasteiger partial charge is 0.478 e. The molecule has 1 aliphatic rings. The van der Waals surface area contributed by atoms with Crippen LogP contribution in [0.2, 0.25) is 0 Å². The summed E-state index contributed by atoms with van der Waals surface area (Å²) >= 11 is 0. The van der Waals surface area contributed by atoms with E-state index in [9.17, 15) is 9.59 Å². The van der Waals surface area contributed by atoms with E-state index in [-0.39, 0.29) is 5.91 Å². The smallest absolute Gasteiger partial charge is 0.328 e. The van der Waals surface area contributed by atoms with Gasteiger partial charge in [0.2, 0.25) is 5.91 Å². The predicted molar refractivity (Wildman–Crippen MR) is 147 cm³/mol. The molecule has 186 valence electrons. The van der Waals surface area contributed by atoms with E-state index < -0.39 is 11.4 Å². The number of amides is 1. The van der Waals surface area contributed by atoms with Gasteiger partial charge in [0.25, 0.3) is 0 Å². The molecule has 2 N–H and O–H groups in total. The summed E-state index contributed by atoms with van der Waals surface area (Å²) in [7, 11) is 4.07. The van der Waals surface area contributed by atoms with Crippen LogP contribution in [-0.4, -0.2) is 31.1 Å². The Bertz CT molecular complexity index is 1220. The highest BCUT2D eigenvalue weighted by Crippen LogP contribution is 2.40. The number of nitrogens with one attached hydrogen (secondary N) is 1. The molecule has 0 heterocycles. The van der Waals surface area contributed by atoms with Gasteiger partial charge in [-0.15, -0.1) is 0 Å². The van der Waals surface area contributed by atoms with Crippen LogP contribution >= 0.6 is 0 Å². The van der Waals surface area contributed by atoms with E-state index in [2.05, 4.69) is 58.7 Å². The van der Waals surface area contributed by atoms with Crippen molar-refractivity contribution in [1.29, 1.82) is 0 Å². The zero-order chi connectivity index (χ0) is 25.5. The minimum Gasteiger partial charge on any atom is -0.478 e. The van der Waals surface area contributed by atoms with Crippen molar-refractivity contribution in [3.63, 3.8) is 0 Å². The molecule has 0 aliphatic heterocycles. The van der Waals surface area contributed by atoms with Crippen LogP contribution in [0, 0.1) is 5.41 Å². The molecule has 0 aromatic heterocycles. The van der Waals surface area contributed by atoms with Crippen molar-refractivity contribution in [1.82, 2.24) is 0 Å². The number of carboxylic acid groups (broad SMARTS) is 1. The van der Waals surface area contributed by atoms with Crippen LogP contribution < -0.4 is 10.2 Å². The lowest BCUT2D eigenvalue weighted by Gasteiger charge is -2.36. The summed E-state index contributed by atoms with van der Waals surface area (Å²) in [6, 6.07) is 24.4. The van der Waals surface area contributed by atoms with Gasteiger partial charge in [-0.3, -0.25) is 4.79 Å². The van der Waals surface area contributed by atoms with Crippen LogP contribution in [0.4, 0.5) is 11.4 Å². The topological polar surface area (TPSA) is 69.6 Å². The highest BCUT2D eigenvalue weighted by atomic mass is 16.4. The minimum atomic E-state index is -0.998. The van der Waals surface area contributed by atoms with Gasteiger partial charge in [-0.1, -0.05) is 67.8 Å². The van der Waals surface area contributed by atoms with Gasteiger partial charge in [0.15, 0.2) is 0 Å². The van der Waals surface area contributed by atoms with Crippen molar-refractivity contribution in [2.24, 2.45) is 5.41 Å². The van der Waals surface area contributed by atoms with Crippen LogP contribution in [0.3, 0.4) is 0 Å². The first-order valence-corrected chi connectivity index (χ1v) is 12.5. The van der Waals surface area contributed by atoms with E-state index in [0.717, 1.165) is 49.3 Å². The number of carbonyl (C=O) groups excluding carboxylic acids is 1. The molecular formula is C31H34N2O3. The third-order valence-corrected chi connectivity index (χ3v) is 7.07. The van der Waals surface area contributed by atoms with E-state index in [1.807, 2.05) is 38.4 Å². The number of carboxylic acids is 1. The van der Waals surface area contributed by atoms with Crippen molar-refractivity contribution in [2.75, 3.05) is 24.3 Å². The van der Waals surface area contributed by atoms with Gasteiger partial charge in [-0.25, -0.2) is 4.79 Å². The van der Waals surface area contributed by atoms with Gasteiger partial charge >= 0.3 is 5.97 Å². The number of hydrogen-bond acceptors (Lipinski definition) is 3. The molecule has 36 heavy (non-hydrogen) atoms. The Labute approximate surface area is 213 Å². The molecule has 0 spiro atoms. The zero-order valence-electron chi connectivity index (χ0n) is 21.0. The van der Waals surface area contributed by atoms with Crippen LogP contribution in [-0.2, 0) is 16.0 Å². The van der Waals surface area contributed by atoms with Gasteiger partial charge < -0.3 is 15.3 Å². The number of nitrogens with zero attached hydrogens (tertiary/aromatic N) is 1. The number of anilines is 2. The monoisotopic (exact) mass is 482 g/mol. The van der Waals surface area contributed by atoms with Gasteiger partial charge in [0.1, 0.15) is 0 Å². The molecule has 0 atom stereocenters. The van der Waals surface area contributed by atoms with E-state index in [1.165, 1.54) is 22.9 Å². The molecule has 5 heteroatoms. The maximum atomic E-state index is 13.6. The maximum Gasteiger partial charge on any atom is 0.328 e. The number of benzene rings is 3. The molecule has 1 saturated carbocycles. The lowest BCUT2D eigenvalue weighted by Crippen LogP contribution is -2.40. The fraction of sp³-hybridized carbons (Fsp3) is 0.290. The van der Waals surface area contributed by atoms with Gasteiger partial charge in [-0.2, -0.15) is 0 Å². The Hall–Kier alpha value is -3.86. The van der Waals surface area contributed by atoms with Crippen molar-refractivity contribution < 1.29 is 14.7 Å². The number of aliphatic carboxylic acids is 1. The van der Waals surface area contributed by atoms with Gasteiger partial charge in [-0.05, 0) is 71.9 Å². The lowest BCUT2D eigenvalue weighted by atomic mass is 9.69. The Morgan fingerprint density at radius 3 is 2.17 bits per heavy atom. The second-order valence-corrected chi connectivity index (χ2v) is 9.91. The quantitative estimate of drug-likeness (QED) is 0.353. The number of hydrogen-bond donors (Lipinski definition) is 2. The Kier molecular flexibility index (Phi) is 7.89. The highest BCUT2D eigenvalue weighted by Gasteiger charge is 2.39. The summed E-state index contributed by atoms with van der Waals surface area (Å²) < 4.78 is 0. The standard InChI is InChI=1S/C31H34N2O3/c1-33(2)28-16-14-26(15-17-28)25-12-9-24(10-13-25)22-31(19-4-3-5-20-31)30(36)32-27-8-6-7-23(21-27)11-18-29(34)35/h6-18,21H,3-5,19-20,22H2,1-2H3,(H,32,36)(H,34,35)/b18-11+. The SMILES string of the molecule is CN(C)c1ccc(-c2ccc(CC3(C(=O)Nc4cccc(/C=C/C(=O)O)c4)CCCCC3)cc2)cc1. The first kappa shape index (κ1) is 25.2. The molecule has 0 radical (unpaired) electrons.